The highest BCUT2D eigenvalue weighted by Crippen LogP contribution is 2.24. The molecule has 112 valence electrons. The van der Waals surface area contributed by atoms with Gasteiger partial charge in [-0.15, -0.1) is 0 Å². The molecule has 1 aliphatic rings. The third kappa shape index (κ3) is 4.77. The highest BCUT2D eigenvalue weighted by molar-refractivity contribution is 5.81. The number of nitrogens with one attached hydrogen (secondary N) is 1. The van der Waals surface area contributed by atoms with Crippen LogP contribution in [0.25, 0.3) is 0 Å². The van der Waals surface area contributed by atoms with Gasteiger partial charge < -0.3 is 15.0 Å². The summed E-state index contributed by atoms with van der Waals surface area (Å²) in [7, 11) is 0. The molecule has 1 rings (SSSR count). The van der Waals surface area contributed by atoms with Crippen LogP contribution in [0, 0.1) is 5.92 Å². The van der Waals surface area contributed by atoms with Gasteiger partial charge in [0.1, 0.15) is 5.54 Å². The van der Waals surface area contributed by atoms with Crippen LogP contribution in [0.3, 0.4) is 0 Å². The molecule has 0 aromatic heterocycles. The standard InChI is InChI=1S/C15H30N2O2/c1-5-9-17-10-7-15(8-11-17,14(18)19-6-2)16-12-13(3)4/h13,16H,5-12H2,1-4H3. The summed E-state index contributed by atoms with van der Waals surface area (Å²) in [6, 6.07) is 0. The largest absolute Gasteiger partial charge is 0.465 e. The van der Waals surface area contributed by atoms with Gasteiger partial charge in [0.05, 0.1) is 6.61 Å². The predicted molar refractivity (Wildman–Crippen MR) is 78.2 cm³/mol. The number of piperidine rings is 1. The molecule has 1 fully saturated rings. The molecular formula is C15H30N2O2. The lowest BCUT2D eigenvalue weighted by atomic mass is 9.86. The molecule has 1 saturated heterocycles. The van der Waals surface area contributed by atoms with Gasteiger partial charge in [-0.2, -0.15) is 0 Å². The van der Waals surface area contributed by atoms with E-state index >= 15 is 0 Å². The minimum Gasteiger partial charge on any atom is -0.465 e. The highest BCUT2D eigenvalue weighted by Gasteiger charge is 2.42. The van der Waals surface area contributed by atoms with Crippen molar-refractivity contribution in [2.75, 3.05) is 32.8 Å². The first-order valence-electron chi connectivity index (χ1n) is 7.68. The van der Waals surface area contributed by atoms with Gasteiger partial charge in [0.2, 0.25) is 0 Å². The Hall–Kier alpha value is -0.610. The second-order valence-corrected chi connectivity index (χ2v) is 5.92. The molecule has 0 unspecified atom stereocenters. The number of nitrogens with zero attached hydrogens (tertiary/aromatic N) is 1. The SMILES string of the molecule is CCCN1CCC(NCC(C)C)(C(=O)OCC)CC1. The lowest BCUT2D eigenvalue weighted by Crippen LogP contribution is -2.59. The van der Waals surface area contributed by atoms with E-state index in [0.29, 0.717) is 12.5 Å². The molecule has 0 aromatic carbocycles. The van der Waals surface area contributed by atoms with Crippen molar-refractivity contribution in [3.05, 3.63) is 0 Å². The molecule has 0 saturated carbocycles. The Bertz CT molecular complexity index is 271. The third-order valence-electron chi connectivity index (χ3n) is 3.76. The number of likely N-dealkylation sites (tertiary alicyclic amines) is 1. The van der Waals surface area contributed by atoms with Gasteiger partial charge in [-0.25, -0.2) is 0 Å². The summed E-state index contributed by atoms with van der Waals surface area (Å²) < 4.78 is 5.29. The fourth-order valence-electron chi connectivity index (χ4n) is 2.60. The maximum Gasteiger partial charge on any atom is 0.326 e. The summed E-state index contributed by atoms with van der Waals surface area (Å²) >= 11 is 0. The van der Waals surface area contributed by atoms with Crippen LogP contribution in [0.4, 0.5) is 0 Å². The monoisotopic (exact) mass is 270 g/mol. The Morgan fingerprint density at radius 1 is 1.32 bits per heavy atom. The van der Waals surface area contributed by atoms with Crippen LogP contribution in [-0.4, -0.2) is 49.2 Å². The number of ether oxygens (including phenoxy) is 1. The van der Waals surface area contributed by atoms with Crippen molar-refractivity contribution >= 4 is 5.97 Å². The highest BCUT2D eigenvalue weighted by atomic mass is 16.5. The maximum absolute atomic E-state index is 12.3. The van der Waals surface area contributed by atoms with E-state index in [1.807, 2.05) is 6.92 Å². The van der Waals surface area contributed by atoms with E-state index in [4.69, 9.17) is 4.74 Å². The van der Waals surface area contributed by atoms with Crippen molar-refractivity contribution in [2.24, 2.45) is 5.92 Å². The average Bonchev–Trinajstić information content (AvgIpc) is 2.39. The van der Waals surface area contributed by atoms with Gasteiger partial charge in [-0.3, -0.25) is 4.79 Å². The lowest BCUT2D eigenvalue weighted by molar-refractivity contribution is -0.153. The quantitative estimate of drug-likeness (QED) is 0.719. The van der Waals surface area contributed by atoms with Crippen LogP contribution in [0.15, 0.2) is 0 Å². The molecule has 4 nitrogen and oxygen atoms in total. The van der Waals surface area contributed by atoms with Crippen molar-refractivity contribution < 1.29 is 9.53 Å². The molecule has 1 N–H and O–H groups in total. The number of hydrogen-bond acceptors (Lipinski definition) is 4. The topological polar surface area (TPSA) is 41.6 Å². The van der Waals surface area contributed by atoms with Crippen molar-refractivity contribution in [1.82, 2.24) is 10.2 Å². The molecular weight excluding hydrogens is 240 g/mol. The normalized spacial score (nSPS) is 19.6. The fourth-order valence-corrected chi connectivity index (χ4v) is 2.60. The van der Waals surface area contributed by atoms with Gasteiger partial charge in [-0.1, -0.05) is 20.8 Å². The Morgan fingerprint density at radius 3 is 2.42 bits per heavy atom. The molecule has 19 heavy (non-hydrogen) atoms. The van der Waals surface area contributed by atoms with Crippen LogP contribution >= 0.6 is 0 Å². The van der Waals surface area contributed by atoms with Gasteiger partial charge >= 0.3 is 5.97 Å². The molecule has 4 heteroatoms. The molecule has 1 heterocycles. The van der Waals surface area contributed by atoms with Crippen molar-refractivity contribution in [3.63, 3.8) is 0 Å². The first kappa shape index (κ1) is 16.4. The van der Waals surface area contributed by atoms with Crippen molar-refractivity contribution in [1.29, 1.82) is 0 Å². The molecule has 1 aliphatic heterocycles. The molecule has 0 amide bonds. The number of carbonyl (C=O) groups excluding carboxylic acids is 1. The van der Waals surface area contributed by atoms with Gasteiger partial charge in [-0.05, 0) is 45.2 Å². The summed E-state index contributed by atoms with van der Waals surface area (Å²) in [4.78, 5) is 14.7. The summed E-state index contributed by atoms with van der Waals surface area (Å²) in [6.45, 7) is 12.8. The minimum atomic E-state index is -0.454. The van der Waals surface area contributed by atoms with E-state index in [0.717, 1.165) is 39.0 Å². The van der Waals surface area contributed by atoms with Crippen LogP contribution in [0.2, 0.25) is 0 Å². The van der Waals surface area contributed by atoms with Crippen LogP contribution < -0.4 is 5.32 Å². The Kier molecular flexibility index (Phi) is 6.80. The van der Waals surface area contributed by atoms with Crippen LogP contribution in [0.1, 0.15) is 47.0 Å². The number of carbonyl (C=O) groups is 1. The van der Waals surface area contributed by atoms with Gasteiger partial charge in [0.25, 0.3) is 0 Å². The zero-order valence-corrected chi connectivity index (χ0v) is 13.0. The van der Waals surface area contributed by atoms with E-state index in [1.165, 1.54) is 6.42 Å². The zero-order chi connectivity index (χ0) is 14.3. The third-order valence-corrected chi connectivity index (χ3v) is 3.76. The van der Waals surface area contributed by atoms with Gasteiger partial charge in [0, 0.05) is 13.1 Å². The molecule has 0 bridgehead atoms. The second-order valence-electron chi connectivity index (χ2n) is 5.92. The molecule has 0 aromatic rings. The number of hydrogen-bond donors (Lipinski definition) is 1. The number of esters is 1. The van der Waals surface area contributed by atoms with E-state index in [-0.39, 0.29) is 5.97 Å². The number of rotatable bonds is 7. The lowest BCUT2D eigenvalue weighted by Gasteiger charge is -2.40. The van der Waals surface area contributed by atoms with Crippen molar-refractivity contribution in [2.45, 2.75) is 52.5 Å². The summed E-state index contributed by atoms with van der Waals surface area (Å²) in [6.07, 6.45) is 2.89. The van der Waals surface area contributed by atoms with E-state index in [9.17, 15) is 4.79 Å². The molecule has 0 radical (unpaired) electrons. The Morgan fingerprint density at radius 2 is 1.95 bits per heavy atom. The van der Waals surface area contributed by atoms with Crippen molar-refractivity contribution in [3.8, 4) is 0 Å². The Balaban J connectivity index is 2.64. The van der Waals surface area contributed by atoms with E-state index in [2.05, 4.69) is 31.0 Å². The summed E-state index contributed by atoms with van der Waals surface area (Å²) in [5.74, 6) is 0.478. The first-order valence-corrected chi connectivity index (χ1v) is 7.68. The average molecular weight is 270 g/mol. The van der Waals surface area contributed by atoms with Crippen LogP contribution in [-0.2, 0) is 9.53 Å². The fraction of sp³-hybridized carbons (Fsp3) is 0.933. The van der Waals surface area contributed by atoms with E-state index in [1.54, 1.807) is 0 Å². The minimum absolute atomic E-state index is 0.0631. The zero-order valence-electron chi connectivity index (χ0n) is 13.0. The summed E-state index contributed by atoms with van der Waals surface area (Å²) in [5, 5.41) is 3.48. The molecule has 0 aliphatic carbocycles. The first-order chi connectivity index (χ1) is 9.04. The summed E-state index contributed by atoms with van der Waals surface area (Å²) in [5.41, 5.74) is -0.454. The van der Waals surface area contributed by atoms with Gasteiger partial charge in [0.15, 0.2) is 0 Å². The predicted octanol–water partition coefficient (Wildman–Crippen LogP) is 2.04. The maximum atomic E-state index is 12.3. The van der Waals surface area contributed by atoms with Crippen LogP contribution in [0.5, 0.6) is 0 Å². The Labute approximate surface area is 117 Å². The molecule has 0 atom stereocenters. The smallest absolute Gasteiger partial charge is 0.326 e. The second kappa shape index (κ2) is 7.85. The molecule has 0 spiro atoms. The van der Waals surface area contributed by atoms with E-state index < -0.39 is 5.54 Å².